The molecular weight excluding hydrogens is 400 g/mol. The summed E-state index contributed by atoms with van der Waals surface area (Å²) in [4.78, 5) is 27.8. The van der Waals surface area contributed by atoms with E-state index in [2.05, 4.69) is 17.2 Å². The van der Waals surface area contributed by atoms with Crippen molar-refractivity contribution in [2.24, 2.45) is 0 Å². The van der Waals surface area contributed by atoms with E-state index in [4.69, 9.17) is 9.84 Å². The van der Waals surface area contributed by atoms with Crippen molar-refractivity contribution in [3.63, 3.8) is 0 Å². The number of amides is 1. The molecule has 0 saturated carbocycles. The second-order valence-corrected chi connectivity index (χ2v) is 7.60. The molecule has 0 spiro atoms. The largest absolute Gasteiger partial charge is 0.394 e. The van der Waals surface area contributed by atoms with Gasteiger partial charge in [-0.25, -0.2) is 4.79 Å². The molecule has 30 heavy (non-hydrogen) atoms. The highest BCUT2D eigenvalue weighted by Gasteiger charge is 2.59. The third kappa shape index (κ3) is 6.29. The number of unbranched alkanes of at least 4 members (excludes halogenated alkanes) is 7. The van der Waals surface area contributed by atoms with Crippen LogP contribution in [-0.4, -0.2) is 50.4 Å². The lowest BCUT2D eigenvalue weighted by atomic mass is 10.1. The first-order chi connectivity index (χ1) is 14.3. The zero-order chi connectivity index (χ0) is 22.1. The van der Waals surface area contributed by atoms with Crippen LogP contribution in [0.25, 0.3) is 0 Å². The summed E-state index contributed by atoms with van der Waals surface area (Å²) in [6.45, 7) is 1.35. The molecule has 3 atom stereocenters. The Bertz CT molecular complexity index is 743. The van der Waals surface area contributed by atoms with Gasteiger partial charge in [-0.05, 0) is 12.5 Å². The van der Waals surface area contributed by atoms with Gasteiger partial charge in [-0.2, -0.15) is 13.8 Å². The summed E-state index contributed by atoms with van der Waals surface area (Å²) in [5.41, 5.74) is -1.06. The number of nitrogens with one attached hydrogen (secondary N) is 1. The monoisotopic (exact) mass is 431 g/mol. The lowest BCUT2D eigenvalue weighted by molar-refractivity contribution is -0.141. The number of aliphatic hydroxyl groups excluding tert-OH is 2. The van der Waals surface area contributed by atoms with Gasteiger partial charge in [-0.3, -0.25) is 9.36 Å². The quantitative estimate of drug-likeness (QED) is 0.439. The molecule has 2 rings (SSSR count). The molecule has 1 aromatic heterocycles. The van der Waals surface area contributed by atoms with Crippen molar-refractivity contribution in [3.05, 3.63) is 22.7 Å². The number of ether oxygens (including phenoxy) is 1. The van der Waals surface area contributed by atoms with Crippen molar-refractivity contribution in [2.75, 3.05) is 11.9 Å². The van der Waals surface area contributed by atoms with E-state index >= 15 is 0 Å². The first kappa shape index (κ1) is 24.4. The van der Waals surface area contributed by atoms with Gasteiger partial charge >= 0.3 is 11.6 Å². The lowest BCUT2D eigenvalue weighted by Crippen LogP contribution is -2.41. The number of nitrogens with zero attached hydrogens (tertiary/aromatic N) is 2. The molecule has 1 saturated heterocycles. The number of halogens is 2. The molecule has 2 heterocycles. The summed E-state index contributed by atoms with van der Waals surface area (Å²) in [7, 11) is 0. The molecule has 170 valence electrons. The lowest BCUT2D eigenvalue weighted by Gasteiger charge is -2.21. The Kier molecular flexibility index (Phi) is 9.32. The molecule has 1 amide bonds. The minimum absolute atomic E-state index is 0.0404. The van der Waals surface area contributed by atoms with Gasteiger partial charge in [0.2, 0.25) is 12.1 Å². The van der Waals surface area contributed by atoms with E-state index < -0.39 is 36.7 Å². The van der Waals surface area contributed by atoms with Gasteiger partial charge in [0, 0.05) is 12.6 Å². The Morgan fingerprint density at radius 2 is 1.87 bits per heavy atom. The fraction of sp³-hybridized carbons (Fsp3) is 0.750. The second-order valence-electron chi connectivity index (χ2n) is 7.60. The number of hydrogen-bond donors (Lipinski definition) is 3. The third-order valence-corrected chi connectivity index (χ3v) is 5.17. The molecule has 1 aliphatic heterocycles. The van der Waals surface area contributed by atoms with Gasteiger partial charge in [0.05, 0.1) is 6.61 Å². The van der Waals surface area contributed by atoms with Gasteiger partial charge in [0.15, 0.2) is 6.10 Å². The van der Waals surface area contributed by atoms with Gasteiger partial charge in [0.1, 0.15) is 11.9 Å². The number of aromatic nitrogens is 2. The highest BCUT2D eigenvalue weighted by atomic mass is 19.3. The summed E-state index contributed by atoms with van der Waals surface area (Å²) in [5, 5.41) is 21.1. The summed E-state index contributed by atoms with van der Waals surface area (Å²) in [5.74, 6) is -4.12. The van der Waals surface area contributed by atoms with Gasteiger partial charge in [-0.15, -0.1) is 0 Å². The average Bonchev–Trinajstić information content (AvgIpc) is 2.93. The van der Waals surface area contributed by atoms with E-state index in [-0.39, 0.29) is 18.1 Å². The zero-order valence-electron chi connectivity index (χ0n) is 17.2. The Morgan fingerprint density at radius 1 is 1.23 bits per heavy atom. The van der Waals surface area contributed by atoms with Crippen molar-refractivity contribution >= 4 is 11.7 Å². The SMILES string of the molecule is CCCCCCCCCCC(=O)Nc1ccn([C@@H]2O[C@H](CO)[C@@H](O)C2(F)F)c(=O)n1. The van der Waals surface area contributed by atoms with E-state index in [9.17, 15) is 23.5 Å². The molecule has 8 nitrogen and oxygen atoms in total. The minimum atomic E-state index is -3.78. The molecule has 10 heteroatoms. The Labute approximate surface area is 174 Å². The van der Waals surface area contributed by atoms with Gasteiger partial charge in [0.25, 0.3) is 0 Å². The topological polar surface area (TPSA) is 114 Å². The number of anilines is 1. The summed E-state index contributed by atoms with van der Waals surface area (Å²) in [6, 6.07) is 1.21. The number of carbonyl (C=O) groups excluding carboxylic acids is 1. The highest BCUT2D eigenvalue weighted by molar-refractivity contribution is 5.89. The normalized spacial score (nSPS) is 22.9. The molecule has 3 N–H and O–H groups in total. The molecular formula is C20H31F2N3O5. The summed E-state index contributed by atoms with van der Waals surface area (Å²) < 4.78 is 33.8. The number of carbonyl (C=O) groups is 1. The first-order valence-electron chi connectivity index (χ1n) is 10.5. The summed E-state index contributed by atoms with van der Waals surface area (Å²) >= 11 is 0. The Morgan fingerprint density at radius 3 is 2.43 bits per heavy atom. The van der Waals surface area contributed by atoms with Gasteiger partial charge in [-0.1, -0.05) is 51.9 Å². The molecule has 1 aliphatic rings. The maximum atomic E-state index is 14.2. The number of aliphatic hydroxyl groups is 2. The predicted molar refractivity (Wildman–Crippen MR) is 106 cm³/mol. The average molecular weight is 431 g/mol. The zero-order valence-corrected chi connectivity index (χ0v) is 17.2. The van der Waals surface area contributed by atoms with E-state index in [1.807, 2.05) is 0 Å². The van der Waals surface area contributed by atoms with Crippen LogP contribution >= 0.6 is 0 Å². The molecule has 1 fully saturated rings. The molecule has 0 radical (unpaired) electrons. The van der Waals surface area contributed by atoms with Crippen LogP contribution < -0.4 is 11.0 Å². The number of alkyl halides is 2. The highest BCUT2D eigenvalue weighted by Crippen LogP contribution is 2.41. The van der Waals surface area contributed by atoms with Crippen molar-refractivity contribution in [1.29, 1.82) is 0 Å². The van der Waals surface area contributed by atoms with E-state index in [0.29, 0.717) is 4.57 Å². The van der Waals surface area contributed by atoms with Crippen molar-refractivity contribution in [1.82, 2.24) is 9.55 Å². The van der Waals surface area contributed by atoms with Crippen LogP contribution in [0.5, 0.6) is 0 Å². The molecule has 0 aliphatic carbocycles. The Hall–Kier alpha value is -1.91. The van der Waals surface area contributed by atoms with Crippen molar-refractivity contribution < 1.29 is 28.5 Å². The van der Waals surface area contributed by atoms with E-state index in [0.717, 1.165) is 31.9 Å². The smallest absolute Gasteiger partial charge is 0.351 e. The predicted octanol–water partition coefficient (Wildman–Crippen LogP) is 2.60. The van der Waals surface area contributed by atoms with Crippen molar-refractivity contribution in [2.45, 2.75) is 89.1 Å². The molecule has 1 aromatic rings. The van der Waals surface area contributed by atoms with Crippen LogP contribution in [0.3, 0.4) is 0 Å². The summed E-state index contributed by atoms with van der Waals surface area (Å²) in [6.07, 6.45) is 4.26. The molecule has 0 unspecified atom stereocenters. The number of rotatable bonds is 12. The first-order valence-corrected chi connectivity index (χ1v) is 10.5. The van der Waals surface area contributed by atoms with Crippen LogP contribution in [0.1, 0.15) is 70.9 Å². The maximum Gasteiger partial charge on any atom is 0.351 e. The van der Waals surface area contributed by atoms with Crippen LogP contribution in [0.4, 0.5) is 14.6 Å². The Balaban J connectivity index is 1.83. The molecule has 0 bridgehead atoms. The number of hydrogen-bond acceptors (Lipinski definition) is 6. The molecule has 0 aromatic carbocycles. The van der Waals surface area contributed by atoms with Crippen LogP contribution in [0, 0.1) is 0 Å². The standard InChI is InChI=1S/C20H31F2N3O5/c1-2-3-4-5-6-7-8-9-10-16(27)23-15-11-12-25(19(29)24-15)18-20(21,22)17(28)14(13-26)30-18/h11-12,14,17-18,26,28H,2-10,13H2,1H3,(H,23,24,27,29)/t14-,17-,18-/m1/s1. The van der Waals surface area contributed by atoms with Gasteiger partial charge < -0.3 is 20.3 Å². The van der Waals surface area contributed by atoms with Crippen LogP contribution in [0.15, 0.2) is 17.1 Å². The van der Waals surface area contributed by atoms with Crippen LogP contribution in [0.2, 0.25) is 0 Å². The fourth-order valence-electron chi connectivity index (χ4n) is 3.40. The second kappa shape index (κ2) is 11.5. The van der Waals surface area contributed by atoms with E-state index in [1.54, 1.807) is 0 Å². The maximum absolute atomic E-state index is 14.2. The minimum Gasteiger partial charge on any atom is -0.394 e. The van der Waals surface area contributed by atoms with Crippen LogP contribution in [-0.2, 0) is 9.53 Å². The third-order valence-electron chi connectivity index (χ3n) is 5.17. The van der Waals surface area contributed by atoms with Crippen molar-refractivity contribution in [3.8, 4) is 0 Å². The fourth-order valence-corrected chi connectivity index (χ4v) is 3.40. The van der Waals surface area contributed by atoms with E-state index in [1.165, 1.54) is 31.7 Å².